The highest BCUT2D eigenvalue weighted by Crippen LogP contribution is 1.75. The van der Waals surface area contributed by atoms with E-state index >= 15 is 0 Å². The minimum atomic E-state index is 0.00222. The Labute approximate surface area is 46.4 Å². The summed E-state index contributed by atoms with van der Waals surface area (Å²) in [5.74, 6) is 0. The zero-order valence-electron chi connectivity index (χ0n) is 4.07. The number of hydrogen-bond acceptors (Lipinski definition) is 4. The smallest absolute Gasteiger partial charge is 0.293 e. The maximum atomic E-state index is 9.38. The molecule has 45 valence electrons. The summed E-state index contributed by atoms with van der Waals surface area (Å²) >= 11 is 0. The lowest BCUT2D eigenvalue weighted by Crippen LogP contribution is -1.94. The zero-order valence-corrected chi connectivity index (χ0v) is 4.07. The monoisotopic (exact) mass is 117 g/mol. The third-order valence-electron chi connectivity index (χ3n) is 0.384. The van der Waals surface area contributed by atoms with Gasteiger partial charge in [0.1, 0.15) is 6.61 Å². The van der Waals surface area contributed by atoms with Gasteiger partial charge in [-0.1, -0.05) is 0 Å². The van der Waals surface area contributed by atoms with Gasteiger partial charge in [-0.15, -0.1) is 0 Å². The molecule has 0 aliphatic heterocycles. The molecule has 1 radical (unpaired) electrons. The maximum absolute atomic E-state index is 9.38. The van der Waals surface area contributed by atoms with Crippen molar-refractivity contribution in [3.8, 4) is 0 Å². The van der Waals surface area contributed by atoms with Crippen molar-refractivity contribution in [3.05, 3.63) is 6.61 Å². The molecular weight excluding hydrogens is 112 g/mol. The van der Waals surface area contributed by atoms with Crippen molar-refractivity contribution in [2.24, 2.45) is 0 Å². The summed E-state index contributed by atoms with van der Waals surface area (Å²) in [5.41, 5.74) is 0. The Morgan fingerprint density at radius 3 is 2.50 bits per heavy atom. The van der Waals surface area contributed by atoms with Crippen molar-refractivity contribution < 1.29 is 19.1 Å². The van der Waals surface area contributed by atoms with E-state index in [1.807, 2.05) is 0 Å². The first-order chi connectivity index (χ1) is 3.91. The molecule has 0 saturated heterocycles. The molecule has 0 rings (SSSR count). The molecule has 0 heterocycles. The van der Waals surface area contributed by atoms with Gasteiger partial charge in [0.15, 0.2) is 6.61 Å². The Kier molecular flexibility index (Phi) is 5.15. The first-order valence-corrected chi connectivity index (χ1v) is 1.88. The highest BCUT2D eigenvalue weighted by Gasteiger charge is 1.82. The van der Waals surface area contributed by atoms with Crippen LogP contribution in [0.15, 0.2) is 0 Å². The van der Waals surface area contributed by atoms with Crippen LogP contribution >= 0.6 is 0 Å². The van der Waals surface area contributed by atoms with E-state index in [9.17, 15) is 9.59 Å². The third-order valence-corrected chi connectivity index (χ3v) is 0.384. The largest absolute Gasteiger partial charge is 0.464 e. The van der Waals surface area contributed by atoms with Crippen molar-refractivity contribution in [3.63, 3.8) is 0 Å². The standard InChI is InChI=1S/C4H5O4/c5-3-7-1-2-8-4-6/h1,3-4H,2H2. The van der Waals surface area contributed by atoms with Crippen molar-refractivity contribution in [1.82, 2.24) is 0 Å². The molecule has 4 heteroatoms. The number of carbonyl (C=O) groups is 2. The van der Waals surface area contributed by atoms with Gasteiger partial charge in [0.2, 0.25) is 0 Å². The second-order valence-electron chi connectivity index (χ2n) is 0.829. The van der Waals surface area contributed by atoms with E-state index in [1.54, 1.807) is 0 Å². The fourth-order valence-corrected chi connectivity index (χ4v) is 0.157. The lowest BCUT2D eigenvalue weighted by Gasteiger charge is -1.92. The quantitative estimate of drug-likeness (QED) is 0.359. The minimum absolute atomic E-state index is 0.00222. The van der Waals surface area contributed by atoms with Gasteiger partial charge in [-0.3, -0.25) is 9.59 Å². The van der Waals surface area contributed by atoms with E-state index in [1.165, 1.54) is 0 Å². The SMILES string of the molecule is O=CO[CH]COC=O. The Hall–Kier alpha value is -1.06. The van der Waals surface area contributed by atoms with E-state index < -0.39 is 0 Å². The predicted molar refractivity (Wildman–Crippen MR) is 23.5 cm³/mol. The van der Waals surface area contributed by atoms with Gasteiger partial charge in [-0.2, -0.15) is 0 Å². The van der Waals surface area contributed by atoms with E-state index in [0.29, 0.717) is 0 Å². The molecule has 0 aromatic rings. The average Bonchev–Trinajstić information content (AvgIpc) is 1.81. The highest BCUT2D eigenvalue weighted by atomic mass is 16.6. The molecule has 0 unspecified atom stereocenters. The molecule has 0 N–H and O–H groups in total. The third kappa shape index (κ3) is 4.94. The van der Waals surface area contributed by atoms with Crippen LogP contribution in [0, 0.1) is 6.61 Å². The normalized spacial score (nSPS) is 7.50. The molecule has 0 spiro atoms. The highest BCUT2D eigenvalue weighted by molar-refractivity contribution is 5.38. The summed E-state index contributed by atoms with van der Waals surface area (Å²) in [5, 5.41) is 0. The van der Waals surface area contributed by atoms with Crippen molar-refractivity contribution in [1.29, 1.82) is 0 Å². The van der Waals surface area contributed by atoms with Gasteiger partial charge in [0.25, 0.3) is 12.9 Å². The fraction of sp³-hybridized carbons (Fsp3) is 0.250. The molecule has 0 aliphatic carbocycles. The van der Waals surface area contributed by atoms with Crippen molar-refractivity contribution in [2.45, 2.75) is 0 Å². The second-order valence-corrected chi connectivity index (χ2v) is 0.829. The van der Waals surface area contributed by atoms with Gasteiger partial charge >= 0.3 is 0 Å². The van der Waals surface area contributed by atoms with Gasteiger partial charge in [0, 0.05) is 0 Å². The lowest BCUT2D eigenvalue weighted by molar-refractivity contribution is -0.132. The fourth-order valence-electron chi connectivity index (χ4n) is 0.157. The summed E-state index contributed by atoms with van der Waals surface area (Å²) in [7, 11) is 0. The summed E-state index contributed by atoms with van der Waals surface area (Å²) in [6.07, 6.45) is 0. The Balaban J connectivity index is 2.71. The minimum Gasteiger partial charge on any atom is -0.464 e. The lowest BCUT2D eigenvalue weighted by atomic mass is 10.8. The average molecular weight is 117 g/mol. The molecule has 0 amide bonds. The second kappa shape index (κ2) is 5.94. The molecule has 0 atom stereocenters. The Bertz CT molecular complexity index is 60.4. The molecule has 0 aromatic heterocycles. The van der Waals surface area contributed by atoms with E-state index in [0.717, 1.165) is 6.61 Å². The number of rotatable bonds is 5. The van der Waals surface area contributed by atoms with E-state index in [-0.39, 0.29) is 19.6 Å². The zero-order chi connectivity index (χ0) is 6.24. The van der Waals surface area contributed by atoms with Crippen LogP contribution in [0.2, 0.25) is 0 Å². The predicted octanol–water partition coefficient (Wildman–Crippen LogP) is -0.506. The Morgan fingerprint density at radius 2 is 2.00 bits per heavy atom. The van der Waals surface area contributed by atoms with Crippen LogP contribution in [-0.2, 0) is 19.1 Å². The van der Waals surface area contributed by atoms with Gasteiger partial charge < -0.3 is 9.47 Å². The molecular formula is C4H5O4. The van der Waals surface area contributed by atoms with Crippen LogP contribution in [0.3, 0.4) is 0 Å². The molecule has 0 bridgehead atoms. The van der Waals surface area contributed by atoms with Crippen LogP contribution in [0.25, 0.3) is 0 Å². The first-order valence-electron chi connectivity index (χ1n) is 1.88. The van der Waals surface area contributed by atoms with E-state index in [2.05, 4.69) is 9.47 Å². The molecule has 0 saturated carbocycles. The topological polar surface area (TPSA) is 52.6 Å². The van der Waals surface area contributed by atoms with Crippen molar-refractivity contribution in [2.75, 3.05) is 6.61 Å². The van der Waals surface area contributed by atoms with Crippen LogP contribution in [0.4, 0.5) is 0 Å². The van der Waals surface area contributed by atoms with Crippen LogP contribution in [-0.4, -0.2) is 19.6 Å². The van der Waals surface area contributed by atoms with Crippen LogP contribution in [0.5, 0.6) is 0 Å². The molecule has 4 nitrogen and oxygen atoms in total. The number of ether oxygens (including phenoxy) is 2. The summed E-state index contributed by atoms with van der Waals surface area (Å²) in [4.78, 5) is 18.8. The van der Waals surface area contributed by atoms with Crippen LogP contribution in [0.1, 0.15) is 0 Å². The summed E-state index contributed by atoms with van der Waals surface area (Å²) in [6, 6.07) is 0. The van der Waals surface area contributed by atoms with Gasteiger partial charge in [-0.25, -0.2) is 0 Å². The Morgan fingerprint density at radius 1 is 1.25 bits per heavy atom. The molecule has 0 aromatic carbocycles. The van der Waals surface area contributed by atoms with Gasteiger partial charge in [0.05, 0.1) is 0 Å². The summed E-state index contributed by atoms with van der Waals surface area (Å²) < 4.78 is 8.16. The van der Waals surface area contributed by atoms with Gasteiger partial charge in [-0.05, 0) is 0 Å². The van der Waals surface area contributed by atoms with Crippen molar-refractivity contribution >= 4 is 12.9 Å². The number of hydrogen-bond donors (Lipinski definition) is 0. The number of carbonyl (C=O) groups excluding carboxylic acids is 2. The van der Waals surface area contributed by atoms with E-state index in [4.69, 9.17) is 0 Å². The maximum Gasteiger partial charge on any atom is 0.293 e. The first kappa shape index (κ1) is 6.94. The molecule has 0 aliphatic rings. The summed E-state index contributed by atoms with van der Waals surface area (Å²) in [6.45, 7) is 1.59. The van der Waals surface area contributed by atoms with Crippen LogP contribution < -0.4 is 0 Å². The molecule has 8 heavy (non-hydrogen) atoms. The molecule has 0 fully saturated rings.